The minimum absolute atomic E-state index is 0.0778. The second kappa shape index (κ2) is 9.50. The first kappa shape index (κ1) is 22.0. The first-order valence-electron chi connectivity index (χ1n) is 9.95. The normalized spacial score (nSPS) is 15.4. The Morgan fingerprint density at radius 1 is 1.03 bits per heavy atom. The molecule has 0 saturated heterocycles. The van der Waals surface area contributed by atoms with E-state index < -0.39 is 22.0 Å². The zero-order valence-corrected chi connectivity index (χ0v) is 18.6. The number of anilines is 1. The minimum atomic E-state index is -3.93. The van der Waals surface area contributed by atoms with Crippen molar-refractivity contribution in [1.82, 2.24) is 5.32 Å². The number of para-hydroxylation sites is 3. The third-order valence-electron chi connectivity index (χ3n) is 4.84. The number of nitrogens with one attached hydrogen (secondary N) is 1. The van der Waals surface area contributed by atoms with Crippen LogP contribution >= 0.6 is 11.6 Å². The van der Waals surface area contributed by atoms with Crippen molar-refractivity contribution >= 4 is 33.2 Å². The van der Waals surface area contributed by atoms with Crippen molar-refractivity contribution in [2.45, 2.75) is 11.0 Å². The number of hydrogen-bond acceptors (Lipinski definition) is 5. The van der Waals surface area contributed by atoms with Gasteiger partial charge < -0.3 is 14.8 Å². The fourth-order valence-electron chi connectivity index (χ4n) is 3.27. The summed E-state index contributed by atoms with van der Waals surface area (Å²) in [6.45, 7) is 0.359. The lowest BCUT2D eigenvalue weighted by Gasteiger charge is -2.34. The number of benzene rings is 3. The molecule has 3 aromatic carbocycles. The highest BCUT2D eigenvalue weighted by molar-refractivity contribution is 7.92. The Morgan fingerprint density at radius 2 is 1.72 bits per heavy atom. The number of hydrogen-bond donors (Lipinski definition) is 1. The highest BCUT2D eigenvalue weighted by Crippen LogP contribution is 2.36. The number of carbonyl (C=O) groups is 1. The van der Waals surface area contributed by atoms with Gasteiger partial charge >= 0.3 is 0 Å². The van der Waals surface area contributed by atoms with E-state index in [1.54, 1.807) is 24.3 Å². The van der Waals surface area contributed by atoms with E-state index in [4.69, 9.17) is 21.1 Å². The molecule has 32 heavy (non-hydrogen) atoms. The van der Waals surface area contributed by atoms with Gasteiger partial charge in [0, 0.05) is 5.02 Å². The Hall–Kier alpha value is -3.23. The summed E-state index contributed by atoms with van der Waals surface area (Å²) in [6, 6.07) is 21.9. The number of ether oxygens (including phenoxy) is 2. The van der Waals surface area contributed by atoms with Crippen molar-refractivity contribution in [3.63, 3.8) is 0 Å². The van der Waals surface area contributed by atoms with Crippen molar-refractivity contribution in [1.29, 1.82) is 0 Å². The number of nitrogens with zero attached hydrogens (tertiary/aromatic N) is 1. The maximum absolute atomic E-state index is 13.3. The van der Waals surface area contributed by atoms with Crippen LogP contribution in [0.2, 0.25) is 5.02 Å². The number of rotatable bonds is 7. The molecule has 0 radical (unpaired) electrons. The van der Waals surface area contributed by atoms with Crippen molar-refractivity contribution < 1.29 is 22.7 Å². The van der Waals surface area contributed by atoms with E-state index in [0.29, 0.717) is 22.2 Å². The van der Waals surface area contributed by atoms with Crippen LogP contribution in [0.15, 0.2) is 83.8 Å². The zero-order valence-electron chi connectivity index (χ0n) is 17.0. The second-order valence-electron chi connectivity index (χ2n) is 7.02. The van der Waals surface area contributed by atoms with Crippen LogP contribution in [0.3, 0.4) is 0 Å². The van der Waals surface area contributed by atoms with Crippen molar-refractivity contribution in [2.24, 2.45) is 0 Å². The standard InChI is InChI=1S/C23H21ClN2O5S/c24-17-10-12-19(13-11-17)32(28,29)26-16-22(31-21-9-5-4-8-20(21)26)23(27)25-14-15-30-18-6-2-1-3-7-18/h1-13,22H,14-16H2,(H,25,27)/t22-/m0/s1. The van der Waals surface area contributed by atoms with Crippen molar-refractivity contribution in [3.05, 3.63) is 83.9 Å². The van der Waals surface area contributed by atoms with Crippen LogP contribution in [0, 0.1) is 0 Å². The maximum Gasteiger partial charge on any atom is 0.264 e. The van der Waals surface area contributed by atoms with Gasteiger partial charge in [0.25, 0.3) is 15.9 Å². The van der Waals surface area contributed by atoms with E-state index >= 15 is 0 Å². The van der Waals surface area contributed by atoms with Crippen molar-refractivity contribution in [2.75, 3.05) is 24.0 Å². The summed E-state index contributed by atoms with van der Waals surface area (Å²) in [5.41, 5.74) is 0.374. The van der Waals surface area contributed by atoms with Gasteiger partial charge in [-0.1, -0.05) is 41.9 Å². The quantitative estimate of drug-likeness (QED) is 0.532. The van der Waals surface area contributed by atoms with E-state index in [9.17, 15) is 13.2 Å². The molecule has 1 atom stereocenters. The lowest BCUT2D eigenvalue weighted by Crippen LogP contribution is -2.51. The summed E-state index contributed by atoms with van der Waals surface area (Å²) in [6.07, 6.45) is -1.01. The molecule has 0 saturated carbocycles. The Balaban J connectivity index is 1.48. The van der Waals surface area contributed by atoms with Gasteiger partial charge in [0.15, 0.2) is 6.10 Å². The largest absolute Gasteiger partial charge is 0.492 e. The molecule has 0 bridgehead atoms. The molecule has 1 aliphatic heterocycles. The predicted molar refractivity (Wildman–Crippen MR) is 122 cm³/mol. The fourth-order valence-corrected chi connectivity index (χ4v) is 4.88. The van der Waals surface area contributed by atoms with Crippen LogP contribution in [-0.4, -0.2) is 40.1 Å². The van der Waals surface area contributed by atoms with E-state index in [0.717, 1.165) is 0 Å². The number of amides is 1. The molecule has 1 N–H and O–H groups in total. The fraction of sp³-hybridized carbons (Fsp3) is 0.174. The molecule has 9 heteroatoms. The smallest absolute Gasteiger partial charge is 0.264 e. The molecule has 4 rings (SSSR count). The van der Waals surface area contributed by atoms with Crippen LogP contribution in [-0.2, 0) is 14.8 Å². The van der Waals surface area contributed by atoms with Crippen molar-refractivity contribution in [3.8, 4) is 11.5 Å². The van der Waals surface area contributed by atoms with Crippen LogP contribution < -0.4 is 19.1 Å². The maximum atomic E-state index is 13.3. The lowest BCUT2D eigenvalue weighted by atomic mass is 10.2. The molecule has 1 aliphatic rings. The van der Waals surface area contributed by atoms with Crippen LogP contribution in [0.25, 0.3) is 0 Å². The first-order chi connectivity index (χ1) is 15.4. The third kappa shape index (κ3) is 4.81. The van der Waals surface area contributed by atoms with Gasteiger partial charge in [-0.3, -0.25) is 9.10 Å². The van der Waals surface area contributed by atoms with E-state index in [2.05, 4.69) is 5.32 Å². The molecule has 7 nitrogen and oxygen atoms in total. The summed E-state index contributed by atoms with van der Waals surface area (Å²) < 4.78 is 39.2. The monoisotopic (exact) mass is 472 g/mol. The van der Waals surface area contributed by atoms with Gasteiger partial charge in [-0.05, 0) is 48.5 Å². The molecule has 3 aromatic rings. The second-order valence-corrected chi connectivity index (χ2v) is 9.32. The molecular formula is C23H21ClN2O5S. The molecule has 0 aromatic heterocycles. The van der Waals surface area contributed by atoms with Gasteiger partial charge in [0.1, 0.15) is 18.1 Å². The van der Waals surface area contributed by atoms with E-state index in [-0.39, 0.29) is 24.6 Å². The average Bonchev–Trinajstić information content (AvgIpc) is 2.82. The summed E-state index contributed by atoms with van der Waals surface area (Å²) >= 11 is 5.90. The Morgan fingerprint density at radius 3 is 2.47 bits per heavy atom. The van der Waals surface area contributed by atoms with Gasteiger partial charge in [-0.15, -0.1) is 0 Å². The summed E-state index contributed by atoms with van der Waals surface area (Å²) in [7, 11) is -3.93. The number of fused-ring (bicyclic) bond motifs is 1. The highest BCUT2D eigenvalue weighted by atomic mass is 35.5. The number of carbonyl (C=O) groups excluding carboxylic acids is 1. The molecular weight excluding hydrogens is 452 g/mol. The van der Waals surface area contributed by atoms with Gasteiger partial charge in [0.2, 0.25) is 0 Å². The van der Waals surface area contributed by atoms with Gasteiger partial charge in [-0.25, -0.2) is 8.42 Å². The first-order valence-corrected chi connectivity index (χ1v) is 11.8. The average molecular weight is 473 g/mol. The Labute approximate surface area is 191 Å². The topological polar surface area (TPSA) is 84.9 Å². The summed E-state index contributed by atoms with van der Waals surface area (Å²) in [5, 5.41) is 3.18. The zero-order chi connectivity index (χ0) is 22.6. The van der Waals surface area contributed by atoms with Gasteiger partial charge in [0.05, 0.1) is 23.7 Å². The van der Waals surface area contributed by atoms with Crippen LogP contribution in [0.5, 0.6) is 11.5 Å². The predicted octanol–water partition coefficient (Wildman–Crippen LogP) is 3.49. The molecule has 1 amide bonds. The van der Waals surface area contributed by atoms with Crippen LogP contribution in [0.4, 0.5) is 5.69 Å². The Kier molecular flexibility index (Phi) is 6.53. The molecule has 1 heterocycles. The molecule has 0 unspecified atom stereocenters. The summed E-state index contributed by atoms with van der Waals surface area (Å²) in [5.74, 6) is 0.592. The van der Waals surface area contributed by atoms with Gasteiger partial charge in [-0.2, -0.15) is 0 Å². The van der Waals surface area contributed by atoms with Crippen LogP contribution in [0.1, 0.15) is 0 Å². The SMILES string of the molecule is O=C(NCCOc1ccccc1)[C@@H]1CN(S(=O)(=O)c2ccc(Cl)cc2)c2ccccc2O1. The molecule has 166 valence electrons. The molecule has 0 fully saturated rings. The number of halogens is 1. The van der Waals surface area contributed by atoms with E-state index in [1.807, 2.05) is 30.3 Å². The number of sulfonamides is 1. The lowest BCUT2D eigenvalue weighted by molar-refractivity contribution is -0.127. The Bertz CT molecular complexity index is 1190. The molecule has 0 aliphatic carbocycles. The highest BCUT2D eigenvalue weighted by Gasteiger charge is 2.37. The van der Waals surface area contributed by atoms with E-state index in [1.165, 1.54) is 28.6 Å². The minimum Gasteiger partial charge on any atom is -0.492 e. The summed E-state index contributed by atoms with van der Waals surface area (Å²) in [4.78, 5) is 12.8. The molecule has 0 spiro atoms. The third-order valence-corrected chi connectivity index (χ3v) is 6.89.